The highest BCUT2D eigenvalue weighted by Crippen LogP contribution is 2.22. The Hall–Kier alpha value is -0.610. The highest BCUT2D eigenvalue weighted by atomic mass is 32.1. The van der Waals surface area contributed by atoms with Crippen LogP contribution in [0.3, 0.4) is 0 Å². The fraction of sp³-hybridized carbons (Fsp3) is 0.667. The van der Waals surface area contributed by atoms with E-state index >= 15 is 0 Å². The van der Waals surface area contributed by atoms with Gasteiger partial charge in [-0.3, -0.25) is 0 Å². The molecule has 0 aliphatic carbocycles. The van der Waals surface area contributed by atoms with Gasteiger partial charge >= 0.3 is 0 Å². The van der Waals surface area contributed by atoms with Gasteiger partial charge in [-0.15, -0.1) is 11.3 Å². The fourth-order valence-corrected chi connectivity index (χ4v) is 2.12. The SMILES string of the molecule is CNCc1sc(N)nc1CC(C)C. The molecule has 1 rings (SSSR count). The van der Waals surface area contributed by atoms with Crippen LogP contribution in [0.1, 0.15) is 24.4 Å². The third kappa shape index (κ3) is 2.97. The first-order valence-corrected chi connectivity index (χ1v) is 5.33. The smallest absolute Gasteiger partial charge is 0.180 e. The molecule has 0 radical (unpaired) electrons. The average Bonchev–Trinajstić information content (AvgIpc) is 2.31. The summed E-state index contributed by atoms with van der Waals surface area (Å²) in [5.41, 5.74) is 6.82. The lowest BCUT2D eigenvalue weighted by Crippen LogP contribution is -2.07. The highest BCUT2D eigenvalue weighted by molar-refractivity contribution is 7.15. The topological polar surface area (TPSA) is 50.9 Å². The lowest BCUT2D eigenvalue weighted by atomic mass is 10.1. The number of nitrogen functional groups attached to an aromatic ring is 1. The minimum atomic E-state index is 0.636. The van der Waals surface area contributed by atoms with E-state index in [0.29, 0.717) is 11.0 Å². The van der Waals surface area contributed by atoms with Gasteiger partial charge in [0, 0.05) is 11.4 Å². The second kappa shape index (κ2) is 4.58. The molecule has 1 aromatic heterocycles. The summed E-state index contributed by atoms with van der Waals surface area (Å²) in [4.78, 5) is 5.60. The lowest BCUT2D eigenvalue weighted by Gasteiger charge is -2.03. The minimum absolute atomic E-state index is 0.636. The maximum atomic E-state index is 5.67. The minimum Gasteiger partial charge on any atom is -0.375 e. The Morgan fingerprint density at radius 2 is 2.23 bits per heavy atom. The monoisotopic (exact) mass is 199 g/mol. The van der Waals surface area contributed by atoms with Crippen molar-refractivity contribution >= 4 is 16.5 Å². The zero-order valence-corrected chi connectivity index (χ0v) is 9.24. The molecule has 0 unspecified atom stereocenters. The molecule has 4 heteroatoms. The van der Waals surface area contributed by atoms with E-state index in [1.807, 2.05) is 7.05 Å². The van der Waals surface area contributed by atoms with Crippen LogP contribution in [0, 0.1) is 5.92 Å². The molecule has 0 bridgehead atoms. The molecule has 0 saturated carbocycles. The van der Waals surface area contributed by atoms with Crippen molar-refractivity contribution in [3.8, 4) is 0 Å². The number of aromatic nitrogens is 1. The number of rotatable bonds is 4. The molecule has 0 aromatic carbocycles. The van der Waals surface area contributed by atoms with Gasteiger partial charge in [-0.1, -0.05) is 13.8 Å². The third-order valence-electron chi connectivity index (χ3n) is 1.73. The van der Waals surface area contributed by atoms with Crippen LogP contribution in [-0.2, 0) is 13.0 Å². The molecule has 74 valence electrons. The Balaban J connectivity index is 2.77. The summed E-state index contributed by atoms with van der Waals surface area (Å²) in [6.07, 6.45) is 1.02. The molecular weight excluding hydrogens is 182 g/mol. The second-order valence-corrected chi connectivity index (χ2v) is 4.67. The predicted molar refractivity (Wildman–Crippen MR) is 57.8 cm³/mol. The molecule has 0 aliphatic heterocycles. The first-order valence-electron chi connectivity index (χ1n) is 4.52. The maximum absolute atomic E-state index is 5.67. The van der Waals surface area contributed by atoms with E-state index in [9.17, 15) is 0 Å². The van der Waals surface area contributed by atoms with E-state index in [4.69, 9.17) is 5.73 Å². The summed E-state index contributed by atoms with van der Waals surface area (Å²) in [6, 6.07) is 0. The quantitative estimate of drug-likeness (QED) is 0.775. The number of nitrogens with one attached hydrogen (secondary N) is 1. The maximum Gasteiger partial charge on any atom is 0.180 e. The van der Waals surface area contributed by atoms with Crippen LogP contribution in [0.4, 0.5) is 5.13 Å². The molecule has 13 heavy (non-hydrogen) atoms. The summed E-state index contributed by atoms with van der Waals surface area (Å²) < 4.78 is 0. The van der Waals surface area contributed by atoms with Gasteiger partial charge in [0.15, 0.2) is 5.13 Å². The second-order valence-electron chi connectivity index (χ2n) is 3.55. The fourth-order valence-electron chi connectivity index (χ4n) is 1.25. The number of hydrogen-bond donors (Lipinski definition) is 2. The predicted octanol–water partition coefficient (Wildman–Crippen LogP) is 1.64. The van der Waals surface area contributed by atoms with E-state index in [1.54, 1.807) is 11.3 Å². The lowest BCUT2D eigenvalue weighted by molar-refractivity contribution is 0.631. The van der Waals surface area contributed by atoms with E-state index in [2.05, 4.69) is 24.1 Å². The number of hydrogen-bond acceptors (Lipinski definition) is 4. The van der Waals surface area contributed by atoms with Gasteiger partial charge in [0.25, 0.3) is 0 Å². The highest BCUT2D eigenvalue weighted by Gasteiger charge is 2.09. The van der Waals surface area contributed by atoms with Crippen molar-refractivity contribution < 1.29 is 0 Å². The van der Waals surface area contributed by atoms with Crippen LogP contribution in [0.15, 0.2) is 0 Å². The van der Waals surface area contributed by atoms with E-state index in [-0.39, 0.29) is 0 Å². The summed E-state index contributed by atoms with van der Waals surface area (Å²) in [6.45, 7) is 5.26. The van der Waals surface area contributed by atoms with Gasteiger partial charge < -0.3 is 11.1 Å². The molecule has 0 saturated heterocycles. The summed E-state index contributed by atoms with van der Waals surface area (Å²) >= 11 is 1.59. The van der Waals surface area contributed by atoms with Gasteiger partial charge in [0.1, 0.15) is 0 Å². The third-order valence-corrected chi connectivity index (χ3v) is 2.66. The molecule has 1 heterocycles. The Morgan fingerprint density at radius 3 is 2.77 bits per heavy atom. The van der Waals surface area contributed by atoms with Crippen LogP contribution >= 0.6 is 11.3 Å². The molecule has 3 N–H and O–H groups in total. The molecule has 1 aromatic rings. The Labute approximate surface area is 83.4 Å². The molecule has 3 nitrogen and oxygen atoms in total. The summed E-state index contributed by atoms with van der Waals surface area (Å²) in [7, 11) is 1.94. The van der Waals surface area contributed by atoms with Gasteiger partial charge in [0.2, 0.25) is 0 Å². The van der Waals surface area contributed by atoms with E-state index < -0.39 is 0 Å². The van der Waals surface area contributed by atoms with Crippen molar-refractivity contribution in [3.05, 3.63) is 10.6 Å². The van der Waals surface area contributed by atoms with Crippen LogP contribution in [-0.4, -0.2) is 12.0 Å². The molecule has 0 amide bonds. The van der Waals surface area contributed by atoms with Gasteiger partial charge in [0.05, 0.1) is 5.69 Å². The van der Waals surface area contributed by atoms with Crippen molar-refractivity contribution in [1.82, 2.24) is 10.3 Å². The zero-order valence-electron chi connectivity index (χ0n) is 8.42. The van der Waals surface area contributed by atoms with E-state index in [1.165, 1.54) is 4.88 Å². The van der Waals surface area contributed by atoms with Crippen molar-refractivity contribution in [2.75, 3.05) is 12.8 Å². The number of anilines is 1. The van der Waals surface area contributed by atoms with Crippen molar-refractivity contribution in [1.29, 1.82) is 0 Å². The van der Waals surface area contributed by atoms with Crippen molar-refractivity contribution in [3.63, 3.8) is 0 Å². The van der Waals surface area contributed by atoms with Crippen molar-refractivity contribution in [2.24, 2.45) is 5.92 Å². The Bertz CT molecular complexity index is 268. The Morgan fingerprint density at radius 1 is 1.54 bits per heavy atom. The molecule has 0 atom stereocenters. The first kappa shape index (κ1) is 10.5. The van der Waals surface area contributed by atoms with Crippen LogP contribution < -0.4 is 11.1 Å². The first-order chi connectivity index (χ1) is 6.13. The van der Waals surface area contributed by atoms with Gasteiger partial charge in [-0.2, -0.15) is 0 Å². The molecular formula is C9H17N3S. The van der Waals surface area contributed by atoms with E-state index in [0.717, 1.165) is 18.7 Å². The van der Waals surface area contributed by atoms with Gasteiger partial charge in [-0.25, -0.2) is 4.98 Å². The summed E-state index contributed by atoms with van der Waals surface area (Å²) in [5.74, 6) is 0.636. The molecule has 0 spiro atoms. The van der Waals surface area contributed by atoms with Crippen molar-refractivity contribution in [2.45, 2.75) is 26.8 Å². The van der Waals surface area contributed by atoms with Crippen LogP contribution in [0.2, 0.25) is 0 Å². The standard InChI is InChI=1S/C9H17N3S/c1-6(2)4-7-8(5-11-3)13-9(10)12-7/h6,11H,4-5H2,1-3H3,(H2,10,12). The normalized spacial score (nSPS) is 11.1. The van der Waals surface area contributed by atoms with Crippen LogP contribution in [0.25, 0.3) is 0 Å². The molecule has 0 aliphatic rings. The molecule has 0 fully saturated rings. The zero-order chi connectivity index (χ0) is 9.84. The van der Waals surface area contributed by atoms with Gasteiger partial charge in [-0.05, 0) is 19.4 Å². The summed E-state index contributed by atoms with van der Waals surface area (Å²) in [5, 5.41) is 3.81. The average molecular weight is 199 g/mol. The number of nitrogens with two attached hydrogens (primary N) is 1. The Kier molecular flexibility index (Phi) is 3.69. The number of thiazole rings is 1. The number of nitrogens with zero attached hydrogens (tertiary/aromatic N) is 1. The largest absolute Gasteiger partial charge is 0.375 e. The van der Waals surface area contributed by atoms with Crippen LogP contribution in [0.5, 0.6) is 0 Å².